The minimum Gasteiger partial charge on any atom is -1.00 e. The van der Waals surface area contributed by atoms with Crippen molar-refractivity contribution in [3.8, 4) is 0 Å². The lowest BCUT2D eigenvalue weighted by Gasteiger charge is -2.05. The summed E-state index contributed by atoms with van der Waals surface area (Å²) in [5.74, 6) is -0.234. The molecule has 2 amide bonds. The van der Waals surface area contributed by atoms with Gasteiger partial charge in [-0.3, -0.25) is 9.59 Å². The highest BCUT2D eigenvalue weighted by atomic mass is 35.5. The maximum Gasteiger partial charge on any atom is 0.255 e. The van der Waals surface area contributed by atoms with Crippen molar-refractivity contribution in [3.63, 3.8) is 0 Å². The summed E-state index contributed by atoms with van der Waals surface area (Å²) in [7, 11) is 0. The zero-order valence-corrected chi connectivity index (χ0v) is 21.7. The second-order valence-corrected chi connectivity index (χ2v) is 7.96. The van der Waals surface area contributed by atoms with E-state index in [1.54, 1.807) is 36.4 Å². The molecule has 196 valence electrons. The van der Waals surface area contributed by atoms with Crippen molar-refractivity contribution in [2.75, 3.05) is 16.4 Å². The molecule has 0 radical (unpaired) electrons. The Balaban J connectivity index is 0.000000648. The minimum atomic E-state index is -0.131. The first-order chi connectivity index (χ1) is 16.3. The fraction of sp³-hybridized carbons (Fsp3) is 0.103. The molecular formula is C29H34Cl2N4O2. The summed E-state index contributed by atoms with van der Waals surface area (Å²) < 4.78 is 0. The maximum absolute atomic E-state index is 11.9. The molecule has 0 spiro atoms. The lowest BCUT2D eigenvalue weighted by molar-refractivity contribution is -0.254. The Morgan fingerprint density at radius 3 is 1.30 bits per heavy atom. The number of rotatable bonds is 4. The molecule has 6 nitrogen and oxygen atoms in total. The van der Waals surface area contributed by atoms with Gasteiger partial charge in [-0.1, -0.05) is 42.8 Å². The van der Waals surface area contributed by atoms with Crippen LogP contribution in [0.5, 0.6) is 0 Å². The van der Waals surface area contributed by atoms with E-state index < -0.39 is 0 Å². The number of hydrogen-bond acceptors (Lipinski definition) is 3. The third kappa shape index (κ3) is 10.8. The van der Waals surface area contributed by atoms with E-state index in [0.717, 1.165) is 22.6 Å². The van der Waals surface area contributed by atoms with Crippen LogP contribution in [0.3, 0.4) is 0 Å². The number of benzene rings is 4. The van der Waals surface area contributed by atoms with Gasteiger partial charge >= 0.3 is 0 Å². The molecule has 0 bridgehead atoms. The molecule has 7 N–H and O–H groups in total. The summed E-state index contributed by atoms with van der Waals surface area (Å²) in [4.78, 5) is 23.7. The van der Waals surface area contributed by atoms with Gasteiger partial charge in [0.25, 0.3) is 11.8 Å². The third-order valence-corrected chi connectivity index (χ3v) is 5.01. The number of carbonyl (C=O) groups excluding carboxylic acids is 2. The van der Waals surface area contributed by atoms with E-state index in [1.807, 2.05) is 74.5 Å². The van der Waals surface area contributed by atoms with Crippen LogP contribution in [0, 0.1) is 13.8 Å². The summed E-state index contributed by atoms with van der Waals surface area (Å²) in [6, 6.07) is 29.4. The lowest BCUT2D eigenvalue weighted by Crippen LogP contribution is -3.00. The highest BCUT2D eigenvalue weighted by Crippen LogP contribution is 2.13. The molecule has 4 rings (SSSR count). The van der Waals surface area contributed by atoms with Crippen LogP contribution in [0.4, 0.5) is 22.7 Å². The second-order valence-electron chi connectivity index (χ2n) is 7.96. The first kappa shape index (κ1) is 33.2. The van der Waals surface area contributed by atoms with Gasteiger partial charge in [0.2, 0.25) is 0 Å². The van der Waals surface area contributed by atoms with Gasteiger partial charge in [-0.15, -0.1) is 12.4 Å². The molecule has 0 aliphatic carbocycles. The Bertz CT molecular complexity index is 1140. The van der Waals surface area contributed by atoms with Crippen molar-refractivity contribution in [1.29, 1.82) is 0 Å². The normalized spacial score (nSPS) is 9.16. The quantitative estimate of drug-likeness (QED) is 0.298. The zero-order chi connectivity index (χ0) is 24.5. The van der Waals surface area contributed by atoms with Crippen molar-refractivity contribution < 1.29 is 27.7 Å². The molecule has 0 aliphatic heterocycles. The first-order valence-corrected chi connectivity index (χ1v) is 10.8. The predicted molar refractivity (Wildman–Crippen MR) is 152 cm³/mol. The van der Waals surface area contributed by atoms with Crippen LogP contribution in [0.2, 0.25) is 0 Å². The number of amides is 2. The summed E-state index contributed by atoms with van der Waals surface area (Å²) in [5, 5.41) is 5.67. The van der Waals surface area contributed by atoms with Crippen LogP contribution < -0.4 is 34.5 Å². The Hall–Kier alpha value is -3.84. The Morgan fingerprint density at radius 2 is 0.946 bits per heavy atom. The van der Waals surface area contributed by atoms with Crippen molar-refractivity contribution in [2.24, 2.45) is 0 Å². The average Bonchev–Trinajstić information content (AvgIpc) is 2.83. The molecular weight excluding hydrogens is 507 g/mol. The molecule has 8 heteroatoms. The number of aryl methyl sites for hydroxylation is 2. The van der Waals surface area contributed by atoms with Crippen molar-refractivity contribution in [2.45, 2.75) is 21.3 Å². The monoisotopic (exact) mass is 540 g/mol. The van der Waals surface area contributed by atoms with E-state index in [-0.39, 0.29) is 44.1 Å². The van der Waals surface area contributed by atoms with E-state index in [1.165, 1.54) is 5.56 Å². The smallest absolute Gasteiger partial charge is 0.255 e. The number of quaternary nitrogens is 1. The summed E-state index contributed by atoms with van der Waals surface area (Å²) >= 11 is 0. The van der Waals surface area contributed by atoms with Crippen LogP contribution in [0.1, 0.15) is 39.3 Å². The van der Waals surface area contributed by atoms with Gasteiger partial charge in [0.05, 0.1) is 0 Å². The van der Waals surface area contributed by atoms with E-state index in [4.69, 9.17) is 5.73 Å². The third-order valence-electron chi connectivity index (χ3n) is 5.01. The topological polar surface area (TPSA) is 112 Å². The number of hydrogen-bond donors (Lipinski definition) is 4. The van der Waals surface area contributed by atoms with E-state index >= 15 is 0 Å². The first-order valence-electron chi connectivity index (χ1n) is 10.8. The van der Waals surface area contributed by atoms with Gasteiger partial charge in [0.15, 0.2) is 0 Å². The summed E-state index contributed by atoms with van der Waals surface area (Å²) in [6.45, 7) is 4.02. The van der Waals surface area contributed by atoms with Gasteiger partial charge < -0.3 is 34.5 Å². The van der Waals surface area contributed by atoms with Gasteiger partial charge in [0, 0.05) is 28.2 Å². The number of anilines is 3. The highest BCUT2D eigenvalue weighted by molar-refractivity contribution is 6.05. The zero-order valence-electron chi connectivity index (χ0n) is 20.1. The SMILES string of the molecule is C.Cc1ccc(NC(=O)c2ccc(N)cc2)cc1.Cc1ccc(NC(=O)c2ccc([NH3+])cc2)cc1.Cl.[Cl-]. The lowest BCUT2D eigenvalue weighted by atomic mass is 10.2. The minimum absolute atomic E-state index is 0. The fourth-order valence-electron chi connectivity index (χ4n) is 2.97. The molecule has 0 saturated heterocycles. The molecule has 0 atom stereocenters. The van der Waals surface area contributed by atoms with Gasteiger partial charge in [0.1, 0.15) is 5.69 Å². The number of nitrogens with two attached hydrogens (primary N) is 1. The number of carbonyl (C=O) groups is 2. The molecule has 0 heterocycles. The van der Waals surface area contributed by atoms with Crippen LogP contribution in [-0.4, -0.2) is 11.8 Å². The van der Waals surface area contributed by atoms with E-state index in [0.29, 0.717) is 16.8 Å². The van der Waals surface area contributed by atoms with Gasteiger partial charge in [-0.25, -0.2) is 0 Å². The predicted octanol–water partition coefficient (Wildman–Crippen LogP) is 3.01. The standard InChI is InChI=1S/2C14H14N2O.CH4.2ClH/c2*1-10-2-8-13(9-3-10)16-14(17)11-4-6-12(15)7-5-11;;;/h2*2-9H,15H2,1H3,(H,16,17);1H4;2*1H. The summed E-state index contributed by atoms with van der Waals surface area (Å²) in [6.07, 6.45) is 0. The highest BCUT2D eigenvalue weighted by Gasteiger charge is 2.06. The number of nitrogen functional groups attached to an aromatic ring is 1. The molecule has 37 heavy (non-hydrogen) atoms. The van der Waals surface area contributed by atoms with Gasteiger partial charge in [-0.2, -0.15) is 0 Å². The summed E-state index contributed by atoms with van der Waals surface area (Å²) in [5.41, 5.74) is 16.1. The second kappa shape index (κ2) is 16.0. The molecule has 0 unspecified atom stereocenters. The Labute approximate surface area is 231 Å². The van der Waals surface area contributed by atoms with Gasteiger partial charge in [-0.05, 0) is 86.6 Å². The molecule has 0 fully saturated rings. The maximum atomic E-state index is 11.9. The Morgan fingerprint density at radius 1 is 0.622 bits per heavy atom. The average molecular weight is 542 g/mol. The largest absolute Gasteiger partial charge is 1.00 e. The fourth-order valence-corrected chi connectivity index (χ4v) is 2.97. The van der Waals surface area contributed by atoms with Crippen molar-refractivity contribution >= 4 is 47.0 Å². The van der Waals surface area contributed by atoms with Crippen LogP contribution in [-0.2, 0) is 0 Å². The van der Waals surface area contributed by atoms with E-state index in [2.05, 4.69) is 16.4 Å². The molecule has 0 aromatic heterocycles. The molecule has 4 aromatic rings. The van der Waals surface area contributed by atoms with Crippen molar-refractivity contribution in [1.82, 2.24) is 0 Å². The van der Waals surface area contributed by atoms with Crippen LogP contribution in [0.15, 0.2) is 97.1 Å². The number of halogens is 2. The van der Waals surface area contributed by atoms with Crippen LogP contribution >= 0.6 is 12.4 Å². The molecule has 0 saturated carbocycles. The molecule has 4 aromatic carbocycles. The Kier molecular flexibility index (Phi) is 14.4. The van der Waals surface area contributed by atoms with E-state index in [9.17, 15) is 9.59 Å². The van der Waals surface area contributed by atoms with Crippen LogP contribution in [0.25, 0.3) is 0 Å². The van der Waals surface area contributed by atoms with Crippen molar-refractivity contribution in [3.05, 3.63) is 119 Å². The molecule has 0 aliphatic rings. The number of nitrogens with one attached hydrogen (secondary N) is 2.